The number of halogens is 1. The molecule has 158 valence electrons. The molecule has 3 aromatic rings. The Kier molecular flexibility index (Phi) is 6.51. The Morgan fingerprint density at radius 1 is 1.23 bits per heavy atom. The van der Waals surface area contributed by atoms with Crippen molar-refractivity contribution >= 4 is 45.6 Å². The van der Waals surface area contributed by atoms with Crippen molar-refractivity contribution < 1.29 is 4.79 Å². The molecule has 30 heavy (non-hydrogen) atoms. The molecule has 1 amide bonds. The summed E-state index contributed by atoms with van der Waals surface area (Å²) < 4.78 is 0.836. The highest BCUT2D eigenvalue weighted by Gasteiger charge is 2.33. The highest BCUT2D eigenvalue weighted by Crippen LogP contribution is 2.24. The van der Waals surface area contributed by atoms with Gasteiger partial charge in [-0.1, -0.05) is 24.6 Å². The average molecular weight is 444 g/mol. The predicted molar refractivity (Wildman–Crippen MR) is 123 cm³/mol. The van der Waals surface area contributed by atoms with Crippen LogP contribution in [0.5, 0.6) is 0 Å². The maximum Gasteiger partial charge on any atom is 0.240 e. The molecule has 1 aliphatic rings. The highest BCUT2D eigenvalue weighted by atomic mass is 35.5. The van der Waals surface area contributed by atoms with Crippen LogP contribution in [0.1, 0.15) is 30.2 Å². The second-order valence-electron chi connectivity index (χ2n) is 7.64. The van der Waals surface area contributed by atoms with E-state index in [1.165, 1.54) is 11.2 Å². The van der Waals surface area contributed by atoms with Crippen LogP contribution in [-0.2, 0) is 17.8 Å². The van der Waals surface area contributed by atoms with E-state index < -0.39 is 0 Å². The van der Waals surface area contributed by atoms with Gasteiger partial charge in [0.15, 0.2) is 0 Å². The predicted octanol–water partition coefficient (Wildman–Crippen LogP) is 3.98. The molecule has 1 saturated heterocycles. The number of piperazine rings is 1. The zero-order valence-electron chi connectivity index (χ0n) is 17.1. The number of hydrogen-bond acceptors (Lipinski definition) is 6. The molecule has 1 aliphatic heterocycles. The third-order valence-electron chi connectivity index (χ3n) is 5.68. The average Bonchev–Trinajstić information content (AvgIpc) is 3.15. The van der Waals surface area contributed by atoms with Gasteiger partial charge in [-0.2, -0.15) is 0 Å². The van der Waals surface area contributed by atoms with Gasteiger partial charge >= 0.3 is 0 Å². The quantitative estimate of drug-likeness (QED) is 0.597. The van der Waals surface area contributed by atoms with Crippen molar-refractivity contribution in [3.8, 4) is 0 Å². The molecule has 8 heteroatoms. The van der Waals surface area contributed by atoms with Gasteiger partial charge in [0.25, 0.3) is 0 Å². The Morgan fingerprint density at radius 2 is 2.10 bits per heavy atom. The van der Waals surface area contributed by atoms with Crippen LogP contribution in [0.2, 0.25) is 4.34 Å². The number of benzene rings is 1. The fourth-order valence-corrected chi connectivity index (χ4v) is 5.25. The van der Waals surface area contributed by atoms with Gasteiger partial charge < -0.3 is 10.6 Å². The molecule has 1 aromatic carbocycles. The van der Waals surface area contributed by atoms with Crippen molar-refractivity contribution in [1.82, 2.24) is 19.8 Å². The monoisotopic (exact) mass is 443 g/mol. The Morgan fingerprint density at radius 3 is 2.87 bits per heavy atom. The number of anilines is 1. The van der Waals surface area contributed by atoms with Crippen LogP contribution >= 0.6 is 22.9 Å². The summed E-state index contributed by atoms with van der Waals surface area (Å²) in [6.45, 7) is 5.26. The lowest BCUT2D eigenvalue weighted by atomic mass is 10.1. The summed E-state index contributed by atoms with van der Waals surface area (Å²) in [4.78, 5) is 27.1. The molecule has 6 nitrogen and oxygen atoms in total. The highest BCUT2D eigenvalue weighted by molar-refractivity contribution is 7.16. The van der Waals surface area contributed by atoms with Gasteiger partial charge in [0.05, 0.1) is 15.9 Å². The molecule has 0 spiro atoms. The molecule has 0 saturated carbocycles. The number of thiophene rings is 1. The van der Waals surface area contributed by atoms with E-state index in [-0.39, 0.29) is 11.9 Å². The van der Waals surface area contributed by atoms with Crippen molar-refractivity contribution in [2.75, 3.05) is 25.4 Å². The standard InChI is InChI=1S/C22H26ClN5OS/c1-2-19-22(29)28(11-10-27(19)9-3-4-16-6-8-20(23)30-16)13-15-5-7-17-18(12-15)25-14-26-21(17)24/h5-8,12,14,19H,2-4,9-11,13H2,1H3,(H2,24,25,26). The molecule has 1 fully saturated rings. The van der Waals surface area contributed by atoms with Gasteiger partial charge in [0.1, 0.15) is 12.1 Å². The largest absolute Gasteiger partial charge is 0.383 e. The topological polar surface area (TPSA) is 75.3 Å². The number of hydrogen-bond donors (Lipinski definition) is 1. The molecule has 0 radical (unpaired) electrons. The van der Waals surface area contributed by atoms with Crippen molar-refractivity contribution in [2.45, 2.75) is 38.8 Å². The normalized spacial score (nSPS) is 17.7. The van der Waals surface area contributed by atoms with Crippen LogP contribution in [0.15, 0.2) is 36.7 Å². The van der Waals surface area contributed by atoms with E-state index in [9.17, 15) is 4.79 Å². The van der Waals surface area contributed by atoms with Crippen LogP contribution in [0.3, 0.4) is 0 Å². The van der Waals surface area contributed by atoms with Crippen LogP contribution in [0, 0.1) is 0 Å². The minimum absolute atomic E-state index is 0.0518. The summed E-state index contributed by atoms with van der Waals surface area (Å²) in [5.41, 5.74) is 7.79. The van der Waals surface area contributed by atoms with Gasteiger partial charge in [-0.25, -0.2) is 9.97 Å². The van der Waals surface area contributed by atoms with Crippen molar-refractivity contribution in [1.29, 1.82) is 0 Å². The van der Waals surface area contributed by atoms with Crippen LogP contribution in [0.4, 0.5) is 5.82 Å². The van der Waals surface area contributed by atoms with E-state index in [4.69, 9.17) is 17.3 Å². The van der Waals surface area contributed by atoms with E-state index >= 15 is 0 Å². The molecule has 2 N–H and O–H groups in total. The molecule has 1 unspecified atom stereocenters. The first kappa shape index (κ1) is 21.0. The van der Waals surface area contributed by atoms with Gasteiger partial charge in [0.2, 0.25) is 5.91 Å². The molecule has 0 aliphatic carbocycles. The molecule has 2 aromatic heterocycles. The number of amides is 1. The Bertz CT molecular complexity index is 1040. The Balaban J connectivity index is 1.38. The SMILES string of the molecule is CCC1C(=O)N(Cc2ccc3c(N)ncnc3c2)CCN1CCCc1ccc(Cl)s1. The number of nitrogens with two attached hydrogens (primary N) is 1. The molecular weight excluding hydrogens is 418 g/mol. The number of aryl methyl sites for hydroxylation is 1. The third-order valence-corrected chi connectivity index (χ3v) is 6.97. The number of fused-ring (bicyclic) bond motifs is 1. The second kappa shape index (κ2) is 9.29. The minimum atomic E-state index is -0.0518. The van der Waals surface area contributed by atoms with E-state index in [0.29, 0.717) is 12.4 Å². The fraction of sp³-hybridized carbons (Fsp3) is 0.409. The van der Waals surface area contributed by atoms with Crippen molar-refractivity contribution in [2.24, 2.45) is 0 Å². The third kappa shape index (κ3) is 4.58. The van der Waals surface area contributed by atoms with Gasteiger partial charge in [0, 0.05) is 29.9 Å². The molecule has 4 rings (SSSR count). The number of nitrogens with zero attached hydrogens (tertiary/aromatic N) is 4. The first-order valence-electron chi connectivity index (χ1n) is 10.3. The second-order valence-corrected chi connectivity index (χ2v) is 9.44. The van der Waals surface area contributed by atoms with Crippen LogP contribution in [0.25, 0.3) is 10.9 Å². The minimum Gasteiger partial charge on any atom is -0.383 e. The Labute approximate surface area is 185 Å². The summed E-state index contributed by atoms with van der Waals surface area (Å²) in [6.07, 6.45) is 4.33. The summed E-state index contributed by atoms with van der Waals surface area (Å²) >= 11 is 7.66. The molecule has 0 bridgehead atoms. The van der Waals surface area contributed by atoms with Crippen LogP contribution in [-0.4, -0.2) is 51.4 Å². The zero-order valence-corrected chi connectivity index (χ0v) is 18.6. The number of carbonyl (C=O) groups is 1. The number of carbonyl (C=O) groups excluding carboxylic acids is 1. The summed E-state index contributed by atoms with van der Waals surface area (Å²) in [6, 6.07) is 9.94. The first-order chi connectivity index (χ1) is 14.5. The van der Waals surface area contributed by atoms with E-state index in [1.807, 2.05) is 29.2 Å². The zero-order chi connectivity index (χ0) is 21.1. The Hall–Kier alpha value is -2.22. The lowest BCUT2D eigenvalue weighted by Crippen LogP contribution is -2.56. The number of rotatable bonds is 7. The van der Waals surface area contributed by atoms with Crippen molar-refractivity contribution in [3.05, 3.63) is 51.4 Å². The maximum atomic E-state index is 13.1. The smallest absolute Gasteiger partial charge is 0.240 e. The summed E-state index contributed by atoms with van der Waals surface area (Å²) in [5, 5.41) is 0.843. The van der Waals surface area contributed by atoms with Gasteiger partial charge in [-0.05, 0) is 55.6 Å². The van der Waals surface area contributed by atoms with E-state index in [0.717, 1.165) is 59.7 Å². The lowest BCUT2D eigenvalue weighted by molar-refractivity contribution is -0.142. The molecule has 3 heterocycles. The molecular formula is C22H26ClN5OS. The summed E-state index contributed by atoms with van der Waals surface area (Å²) in [7, 11) is 0. The van der Waals surface area contributed by atoms with Crippen LogP contribution < -0.4 is 5.73 Å². The summed E-state index contributed by atoms with van der Waals surface area (Å²) in [5.74, 6) is 0.692. The first-order valence-corrected chi connectivity index (χ1v) is 11.5. The van der Waals surface area contributed by atoms with E-state index in [2.05, 4.69) is 27.9 Å². The lowest BCUT2D eigenvalue weighted by Gasteiger charge is -2.40. The van der Waals surface area contributed by atoms with Crippen molar-refractivity contribution in [3.63, 3.8) is 0 Å². The van der Waals surface area contributed by atoms with Gasteiger partial charge in [-0.3, -0.25) is 9.69 Å². The van der Waals surface area contributed by atoms with Gasteiger partial charge in [-0.15, -0.1) is 11.3 Å². The fourth-order valence-electron chi connectivity index (χ4n) is 4.12. The van der Waals surface area contributed by atoms with E-state index in [1.54, 1.807) is 11.3 Å². The maximum absolute atomic E-state index is 13.1. The molecule has 1 atom stereocenters. The number of aromatic nitrogens is 2. The number of nitrogen functional groups attached to an aromatic ring is 1.